The lowest BCUT2D eigenvalue weighted by atomic mass is 10.0. The Morgan fingerprint density at radius 2 is 2.07 bits per heavy atom. The first kappa shape index (κ1) is 18.4. The third-order valence-electron chi connectivity index (χ3n) is 5.47. The van der Waals surface area contributed by atoms with Gasteiger partial charge in [-0.15, -0.1) is 0 Å². The van der Waals surface area contributed by atoms with E-state index in [1.807, 2.05) is 26.8 Å². The van der Waals surface area contributed by atoms with Crippen LogP contribution in [-0.2, 0) is 12.8 Å². The molecule has 1 aromatic carbocycles. The highest BCUT2D eigenvalue weighted by atomic mass is 79.9. The Hall–Kier alpha value is -2.01. The van der Waals surface area contributed by atoms with Crippen molar-refractivity contribution in [1.29, 1.82) is 0 Å². The van der Waals surface area contributed by atoms with Crippen molar-refractivity contribution < 1.29 is 4.79 Å². The number of rotatable bonds is 4. The second kappa shape index (κ2) is 6.86. The van der Waals surface area contributed by atoms with Crippen LogP contribution in [0.3, 0.4) is 0 Å². The Balaban J connectivity index is 1.94. The number of ketones is 1. The van der Waals surface area contributed by atoms with E-state index in [0.29, 0.717) is 5.69 Å². The first-order valence-corrected chi connectivity index (χ1v) is 10.4. The molecule has 2 heterocycles. The van der Waals surface area contributed by atoms with E-state index in [4.69, 9.17) is 9.97 Å². The lowest BCUT2D eigenvalue weighted by Crippen LogP contribution is -2.14. The maximum atomic E-state index is 12.6. The zero-order valence-electron chi connectivity index (χ0n) is 16.2. The first-order chi connectivity index (χ1) is 12.9. The molecule has 1 aliphatic rings. The van der Waals surface area contributed by atoms with E-state index in [0.717, 1.165) is 46.3 Å². The van der Waals surface area contributed by atoms with E-state index < -0.39 is 0 Å². The molecule has 3 aromatic rings. The van der Waals surface area contributed by atoms with Crippen LogP contribution in [0.25, 0.3) is 11.2 Å². The van der Waals surface area contributed by atoms with Crippen molar-refractivity contribution in [3.8, 4) is 0 Å². The summed E-state index contributed by atoms with van der Waals surface area (Å²) in [5.74, 6) is 1.05. The quantitative estimate of drug-likeness (QED) is 0.522. The van der Waals surface area contributed by atoms with Crippen LogP contribution in [0.15, 0.2) is 28.7 Å². The molecular formula is C22H24BrN3O. The maximum Gasteiger partial charge on any atom is 0.183 e. The Kier molecular flexibility index (Phi) is 4.66. The molecule has 4 nitrogen and oxygen atoms in total. The van der Waals surface area contributed by atoms with Gasteiger partial charge in [-0.25, -0.2) is 9.97 Å². The van der Waals surface area contributed by atoms with E-state index in [9.17, 15) is 4.79 Å². The third kappa shape index (κ3) is 3.02. The van der Waals surface area contributed by atoms with Crippen LogP contribution in [0.4, 0.5) is 0 Å². The molecule has 0 aliphatic heterocycles. The molecule has 140 valence electrons. The van der Waals surface area contributed by atoms with Crippen LogP contribution >= 0.6 is 15.9 Å². The van der Waals surface area contributed by atoms with Crippen molar-refractivity contribution in [2.24, 2.45) is 5.92 Å². The molecule has 0 N–H and O–H groups in total. The molecule has 1 aliphatic carbocycles. The van der Waals surface area contributed by atoms with Gasteiger partial charge in [0.25, 0.3) is 0 Å². The summed E-state index contributed by atoms with van der Waals surface area (Å²) >= 11 is 3.58. The summed E-state index contributed by atoms with van der Waals surface area (Å²) in [4.78, 5) is 22.3. The molecule has 0 radical (unpaired) electrons. The van der Waals surface area contributed by atoms with Crippen molar-refractivity contribution in [2.75, 3.05) is 0 Å². The number of Topliss-reactive ketones (excluding diaryl/α,β-unsaturated/α-hetero) is 1. The van der Waals surface area contributed by atoms with Gasteiger partial charge in [-0.2, -0.15) is 0 Å². The largest absolute Gasteiger partial charge is 0.305 e. The fourth-order valence-corrected chi connectivity index (χ4v) is 4.50. The average molecular weight is 426 g/mol. The van der Waals surface area contributed by atoms with E-state index in [1.165, 1.54) is 11.1 Å². The summed E-state index contributed by atoms with van der Waals surface area (Å²) in [6.45, 7) is 8.00. The summed E-state index contributed by atoms with van der Waals surface area (Å²) in [5, 5.41) is 0. The van der Waals surface area contributed by atoms with Gasteiger partial charge in [0.15, 0.2) is 11.4 Å². The second-order valence-corrected chi connectivity index (χ2v) is 8.58. The molecule has 4 rings (SSSR count). The number of carbonyl (C=O) groups is 1. The molecule has 27 heavy (non-hydrogen) atoms. The molecular weight excluding hydrogens is 402 g/mol. The minimum atomic E-state index is -0.0686. The van der Waals surface area contributed by atoms with Crippen molar-refractivity contribution in [3.05, 3.63) is 56.9 Å². The number of imidazole rings is 1. The van der Waals surface area contributed by atoms with Gasteiger partial charge in [0, 0.05) is 16.8 Å². The molecule has 0 bridgehead atoms. The number of fused-ring (bicyclic) bond motifs is 2. The minimum Gasteiger partial charge on any atom is -0.305 e. The summed E-state index contributed by atoms with van der Waals surface area (Å²) in [7, 11) is 0. The van der Waals surface area contributed by atoms with Crippen molar-refractivity contribution in [1.82, 2.24) is 14.5 Å². The van der Waals surface area contributed by atoms with Crippen LogP contribution in [0.5, 0.6) is 0 Å². The van der Waals surface area contributed by atoms with Gasteiger partial charge in [-0.1, -0.05) is 42.8 Å². The fourth-order valence-electron chi connectivity index (χ4n) is 4.09. The highest BCUT2D eigenvalue weighted by Crippen LogP contribution is 2.38. The molecule has 0 fully saturated rings. The van der Waals surface area contributed by atoms with Crippen LogP contribution < -0.4 is 0 Å². The average Bonchev–Trinajstić information content (AvgIpc) is 3.21. The van der Waals surface area contributed by atoms with Gasteiger partial charge in [0.05, 0.1) is 6.04 Å². The topological polar surface area (TPSA) is 47.8 Å². The second-order valence-electron chi connectivity index (χ2n) is 7.66. The van der Waals surface area contributed by atoms with Gasteiger partial charge in [0.1, 0.15) is 17.0 Å². The van der Waals surface area contributed by atoms with Crippen LogP contribution in [0.2, 0.25) is 0 Å². The maximum absolute atomic E-state index is 12.6. The number of benzene rings is 1. The van der Waals surface area contributed by atoms with Crippen LogP contribution in [-0.4, -0.2) is 20.3 Å². The van der Waals surface area contributed by atoms with Crippen LogP contribution in [0.1, 0.15) is 66.2 Å². The number of pyridine rings is 1. The number of halogens is 1. The van der Waals surface area contributed by atoms with Crippen molar-refractivity contribution in [2.45, 2.75) is 53.0 Å². The molecule has 0 saturated carbocycles. The summed E-state index contributed by atoms with van der Waals surface area (Å²) in [6.07, 6.45) is 2.92. The third-order valence-corrected chi connectivity index (χ3v) is 5.96. The number of carbonyl (C=O) groups excluding carboxylic acids is 1. The molecule has 1 unspecified atom stereocenters. The van der Waals surface area contributed by atoms with Gasteiger partial charge in [0.2, 0.25) is 0 Å². The highest BCUT2D eigenvalue weighted by molar-refractivity contribution is 9.10. The Labute approximate surface area is 168 Å². The minimum absolute atomic E-state index is 0.0686. The van der Waals surface area contributed by atoms with Crippen LogP contribution in [0, 0.1) is 12.8 Å². The predicted molar refractivity (Wildman–Crippen MR) is 111 cm³/mol. The van der Waals surface area contributed by atoms with Gasteiger partial charge in [-0.05, 0) is 54.7 Å². The highest BCUT2D eigenvalue weighted by Gasteiger charge is 2.29. The number of aromatic nitrogens is 3. The van der Waals surface area contributed by atoms with E-state index in [-0.39, 0.29) is 17.7 Å². The Morgan fingerprint density at radius 1 is 1.30 bits per heavy atom. The zero-order chi connectivity index (χ0) is 19.3. The smallest absolute Gasteiger partial charge is 0.183 e. The first-order valence-electron chi connectivity index (χ1n) is 9.61. The summed E-state index contributed by atoms with van der Waals surface area (Å²) in [6, 6.07) is 8.64. The number of nitrogens with zero attached hydrogens (tertiary/aromatic N) is 3. The molecule has 0 saturated heterocycles. The SMILES string of the molecule is CCc1nc2c(C)cc(C(=O)C(C)C)nc2n1C1CCc2cc(Br)ccc21. The lowest BCUT2D eigenvalue weighted by molar-refractivity contribution is 0.0934. The van der Waals surface area contributed by atoms with Gasteiger partial charge >= 0.3 is 0 Å². The van der Waals surface area contributed by atoms with Crippen molar-refractivity contribution in [3.63, 3.8) is 0 Å². The van der Waals surface area contributed by atoms with E-state index in [2.05, 4.69) is 45.6 Å². The Bertz CT molecular complexity index is 1050. The predicted octanol–water partition coefficient (Wildman–Crippen LogP) is 5.44. The number of hydrogen-bond acceptors (Lipinski definition) is 3. The lowest BCUT2D eigenvalue weighted by Gasteiger charge is -2.18. The molecule has 1 atom stereocenters. The molecule has 0 amide bonds. The normalized spacial score (nSPS) is 16.3. The number of hydrogen-bond donors (Lipinski definition) is 0. The van der Waals surface area contributed by atoms with Gasteiger partial charge < -0.3 is 4.57 Å². The molecule has 2 aromatic heterocycles. The van der Waals surface area contributed by atoms with E-state index in [1.54, 1.807) is 0 Å². The number of aryl methyl sites for hydroxylation is 3. The molecule has 5 heteroatoms. The van der Waals surface area contributed by atoms with Crippen molar-refractivity contribution >= 4 is 32.9 Å². The molecule has 0 spiro atoms. The monoisotopic (exact) mass is 425 g/mol. The summed E-state index contributed by atoms with van der Waals surface area (Å²) in [5.41, 5.74) is 6.05. The Morgan fingerprint density at radius 3 is 2.78 bits per heavy atom. The standard InChI is InChI=1S/C22H24BrN3O/c1-5-19-25-20-13(4)10-17(21(27)12(2)3)24-22(20)26(19)18-9-6-14-11-15(23)7-8-16(14)18/h7-8,10-12,18H,5-6,9H2,1-4H3. The zero-order valence-corrected chi connectivity index (χ0v) is 17.8. The van der Waals surface area contributed by atoms with Gasteiger partial charge in [-0.3, -0.25) is 4.79 Å². The fraction of sp³-hybridized carbons (Fsp3) is 0.409. The summed E-state index contributed by atoms with van der Waals surface area (Å²) < 4.78 is 3.39. The van der Waals surface area contributed by atoms with E-state index >= 15 is 0 Å².